The van der Waals surface area contributed by atoms with Gasteiger partial charge in [0, 0.05) is 18.3 Å². The van der Waals surface area contributed by atoms with Crippen molar-refractivity contribution >= 4 is 5.97 Å². The second-order valence-electron chi connectivity index (χ2n) is 8.25. The summed E-state index contributed by atoms with van der Waals surface area (Å²) in [6.07, 6.45) is 4.25. The Morgan fingerprint density at radius 2 is 1.97 bits per heavy atom. The quantitative estimate of drug-likeness (QED) is 0.481. The van der Waals surface area contributed by atoms with Gasteiger partial charge in [0.1, 0.15) is 5.75 Å². The van der Waals surface area contributed by atoms with E-state index in [1.54, 1.807) is 24.1 Å². The lowest BCUT2D eigenvalue weighted by Crippen LogP contribution is -2.43. The first-order chi connectivity index (χ1) is 16.3. The molecule has 2 aromatic carbocycles. The van der Waals surface area contributed by atoms with Gasteiger partial charge in [0.15, 0.2) is 28.7 Å². The maximum absolute atomic E-state index is 14.0. The normalized spacial score (nSPS) is 17.4. The Bertz CT molecular complexity index is 1410. The number of aromatic nitrogens is 5. The zero-order valence-electron chi connectivity index (χ0n) is 18.5. The summed E-state index contributed by atoms with van der Waals surface area (Å²) in [5.41, 5.74) is 0.813. The third kappa shape index (κ3) is 3.25. The Morgan fingerprint density at radius 1 is 1.15 bits per heavy atom. The summed E-state index contributed by atoms with van der Waals surface area (Å²) in [6, 6.07) is 8.67. The van der Waals surface area contributed by atoms with Crippen molar-refractivity contribution in [3.8, 4) is 22.8 Å². The average Bonchev–Trinajstić information content (AvgIpc) is 3.46. The number of ether oxygens (including phenoxy) is 1. The summed E-state index contributed by atoms with van der Waals surface area (Å²) >= 11 is 0. The largest absolute Gasteiger partial charge is 0.495 e. The van der Waals surface area contributed by atoms with Gasteiger partial charge in [0.05, 0.1) is 24.8 Å². The van der Waals surface area contributed by atoms with Crippen molar-refractivity contribution in [3.63, 3.8) is 0 Å². The molecule has 2 aromatic heterocycles. The number of rotatable bonds is 5. The van der Waals surface area contributed by atoms with E-state index in [1.165, 1.54) is 6.07 Å². The van der Waals surface area contributed by atoms with Crippen LogP contribution >= 0.6 is 0 Å². The van der Waals surface area contributed by atoms with E-state index >= 15 is 0 Å². The number of aliphatic carboxylic acids is 1. The SMILES string of the molecule is COc1cc(-c2nnc3n2CCCC3(C(=O)O)c2ccc(F)c(F)c2)ccc1-n1cnc(C)c1. The van der Waals surface area contributed by atoms with Crippen molar-refractivity contribution in [2.45, 2.75) is 31.7 Å². The molecule has 1 N–H and O–H groups in total. The highest BCUT2D eigenvalue weighted by Crippen LogP contribution is 2.42. The van der Waals surface area contributed by atoms with Crippen LogP contribution in [0.5, 0.6) is 5.75 Å². The molecule has 0 fully saturated rings. The van der Waals surface area contributed by atoms with Crippen LogP contribution in [0.2, 0.25) is 0 Å². The number of hydrogen-bond donors (Lipinski definition) is 1. The topological polar surface area (TPSA) is 95.1 Å². The van der Waals surface area contributed by atoms with Crippen molar-refractivity contribution in [3.05, 3.63) is 77.6 Å². The molecule has 1 aliphatic heterocycles. The fourth-order valence-electron chi connectivity index (χ4n) is 4.60. The molecule has 0 saturated heterocycles. The van der Waals surface area contributed by atoms with Gasteiger partial charge in [-0.05, 0) is 55.7 Å². The predicted molar refractivity (Wildman–Crippen MR) is 118 cm³/mol. The van der Waals surface area contributed by atoms with Crippen LogP contribution in [0.3, 0.4) is 0 Å². The molecule has 0 spiro atoms. The number of halogens is 2. The highest BCUT2D eigenvalue weighted by molar-refractivity contribution is 5.85. The number of hydrogen-bond acceptors (Lipinski definition) is 5. The van der Waals surface area contributed by atoms with Crippen LogP contribution in [-0.4, -0.2) is 42.5 Å². The van der Waals surface area contributed by atoms with Crippen LogP contribution < -0.4 is 4.74 Å². The van der Waals surface area contributed by atoms with Crippen LogP contribution in [0.4, 0.5) is 8.78 Å². The number of carboxylic acids is 1. The van der Waals surface area contributed by atoms with Gasteiger partial charge in [-0.15, -0.1) is 10.2 Å². The molecule has 174 valence electrons. The van der Waals surface area contributed by atoms with Crippen LogP contribution in [0.1, 0.15) is 29.9 Å². The lowest BCUT2D eigenvalue weighted by atomic mass is 9.74. The molecule has 8 nitrogen and oxygen atoms in total. The Labute approximate surface area is 193 Å². The maximum atomic E-state index is 14.0. The molecule has 10 heteroatoms. The van der Waals surface area contributed by atoms with Crippen molar-refractivity contribution in [1.29, 1.82) is 0 Å². The molecule has 34 heavy (non-hydrogen) atoms. The molecule has 0 saturated carbocycles. The van der Waals surface area contributed by atoms with Gasteiger partial charge < -0.3 is 19.0 Å². The highest BCUT2D eigenvalue weighted by atomic mass is 19.2. The van der Waals surface area contributed by atoms with E-state index in [9.17, 15) is 18.7 Å². The van der Waals surface area contributed by atoms with Crippen LogP contribution in [-0.2, 0) is 16.8 Å². The second-order valence-corrected chi connectivity index (χ2v) is 8.25. The van der Waals surface area contributed by atoms with E-state index in [0.29, 0.717) is 30.1 Å². The number of fused-ring (bicyclic) bond motifs is 1. The first-order valence-electron chi connectivity index (χ1n) is 10.7. The molecule has 1 unspecified atom stereocenters. The summed E-state index contributed by atoms with van der Waals surface area (Å²) in [7, 11) is 1.56. The fourth-order valence-corrected chi connectivity index (χ4v) is 4.60. The second kappa shape index (κ2) is 8.05. The van der Waals surface area contributed by atoms with Crippen molar-refractivity contribution in [2.75, 3.05) is 7.11 Å². The third-order valence-corrected chi connectivity index (χ3v) is 6.27. The maximum Gasteiger partial charge on any atom is 0.321 e. The van der Waals surface area contributed by atoms with E-state index in [2.05, 4.69) is 15.2 Å². The standard InChI is InChI=1S/C24H21F2N5O3/c1-14-12-30(13-27-14)19-7-4-15(10-20(19)34-2)21-28-29-22-24(23(32)33,8-3-9-31(21)22)16-5-6-17(25)18(26)11-16/h4-7,10-13H,3,8-9H2,1-2H3,(H,32,33). The molecule has 0 bridgehead atoms. The minimum absolute atomic E-state index is 0.127. The van der Waals surface area contributed by atoms with Crippen LogP contribution in [0.15, 0.2) is 48.9 Å². The third-order valence-electron chi connectivity index (χ3n) is 6.27. The summed E-state index contributed by atoms with van der Waals surface area (Å²) in [4.78, 5) is 16.8. The Kier molecular flexibility index (Phi) is 5.15. The highest BCUT2D eigenvalue weighted by Gasteiger charge is 2.49. The van der Waals surface area contributed by atoms with Gasteiger partial charge in [-0.1, -0.05) is 6.07 Å². The number of benzene rings is 2. The smallest absolute Gasteiger partial charge is 0.321 e. The zero-order chi connectivity index (χ0) is 24.0. The van der Waals surface area contributed by atoms with Gasteiger partial charge in [-0.3, -0.25) is 4.79 Å². The van der Waals surface area contributed by atoms with E-state index in [0.717, 1.165) is 23.5 Å². The summed E-state index contributed by atoms with van der Waals surface area (Å²) in [5, 5.41) is 18.8. The molecule has 0 radical (unpaired) electrons. The van der Waals surface area contributed by atoms with Gasteiger partial charge >= 0.3 is 5.97 Å². The summed E-state index contributed by atoms with van der Waals surface area (Å²) < 4.78 is 36.8. The van der Waals surface area contributed by atoms with E-state index in [1.807, 2.05) is 29.8 Å². The average molecular weight is 465 g/mol. The van der Waals surface area contributed by atoms with Gasteiger partial charge in [-0.25, -0.2) is 13.8 Å². The zero-order valence-corrected chi connectivity index (χ0v) is 18.5. The molecule has 1 atom stereocenters. The first kappa shape index (κ1) is 21.7. The summed E-state index contributed by atoms with van der Waals surface area (Å²) in [5.74, 6) is -2.11. The van der Waals surface area contributed by atoms with E-state index < -0.39 is 23.0 Å². The molecule has 0 aliphatic carbocycles. The minimum atomic E-state index is -1.64. The number of carbonyl (C=O) groups is 1. The molecule has 4 aromatic rings. The summed E-state index contributed by atoms with van der Waals surface area (Å²) in [6.45, 7) is 2.38. The van der Waals surface area contributed by atoms with Crippen molar-refractivity contribution in [2.24, 2.45) is 0 Å². The number of imidazole rings is 1. The monoisotopic (exact) mass is 465 g/mol. The molecule has 5 rings (SSSR count). The number of aryl methyl sites for hydroxylation is 1. The number of methoxy groups -OCH3 is 1. The fraction of sp³-hybridized carbons (Fsp3) is 0.250. The van der Waals surface area contributed by atoms with Crippen LogP contribution in [0.25, 0.3) is 17.1 Å². The molecule has 0 amide bonds. The molecular formula is C24H21F2N5O3. The predicted octanol–water partition coefficient (Wildman–Crippen LogP) is 3.89. The molecule has 1 aliphatic rings. The lowest BCUT2D eigenvalue weighted by molar-refractivity contribution is -0.143. The number of carboxylic acid groups (broad SMARTS) is 1. The molecule has 3 heterocycles. The van der Waals surface area contributed by atoms with Crippen molar-refractivity contribution in [1.82, 2.24) is 24.3 Å². The van der Waals surface area contributed by atoms with Gasteiger partial charge in [0.25, 0.3) is 0 Å². The van der Waals surface area contributed by atoms with Crippen molar-refractivity contribution < 1.29 is 23.4 Å². The number of nitrogens with zero attached hydrogens (tertiary/aromatic N) is 5. The van der Waals surface area contributed by atoms with Gasteiger partial charge in [0.2, 0.25) is 0 Å². The minimum Gasteiger partial charge on any atom is -0.495 e. The van der Waals surface area contributed by atoms with Gasteiger partial charge in [-0.2, -0.15) is 0 Å². The Balaban J connectivity index is 1.63. The van der Waals surface area contributed by atoms with E-state index in [-0.39, 0.29) is 17.8 Å². The molecular weight excluding hydrogens is 444 g/mol. The Hall–Kier alpha value is -4.08. The lowest BCUT2D eigenvalue weighted by Gasteiger charge is -2.33. The van der Waals surface area contributed by atoms with E-state index in [4.69, 9.17) is 4.74 Å². The van der Waals surface area contributed by atoms with Crippen LogP contribution in [0, 0.1) is 18.6 Å². The first-order valence-corrected chi connectivity index (χ1v) is 10.7. The Morgan fingerprint density at radius 3 is 2.65 bits per heavy atom.